The minimum Gasteiger partial charge on any atom is -0.494 e. The Kier molecular flexibility index (Phi) is 4.92. The zero-order valence-electron chi connectivity index (χ0n) is 16.1. The van der Waals surface area contributed by atoms with Crippen molar-refractivity contribution in [1.29, 1.82) is 0 Å². The molecule has 1 aliphatic carbocycles. The first-order valence-electron chi connectivity index (χ1n) is 9.45. The van der Waals surface area contributed by atoms with Crippen LogP contribution in [-0.2, 0) is 21.6 Å². The SMILES string of the molecule is Cc1nccn1-c1ccc(COC2=CCC(C(N)=O)(c3ccccc3)C2)cc1F. The van der Waals surface area contributed by atoms with Gasteiger partial charge in [-0.15, -0.1) is 0 Å². The topological polar surface area (TPSA) is 70.1 Å². The van der Waals surface area contributed by atoms with Gasteiger partial charge in [0.15, 0.2) is 0 Å². The zero-order valence-corrected chi connectivity index (χ0v) is 16.1. The van der Waals surface area contributed by atoms with Crippen LogP contribution in [0.5, 0.6) is 0 Å². The number of ether oxygens (including phenoxy) is 1. The number of primary amides is 1. The monoisotopic (exact) mass is 391 g/mol. The Morgan fingerprint density at radius 1 is 1.28 bits per heavy atom. The Morgan fingerprint density at radius 2 is 2.07 bits per heavy atom. The van der Waals surface area contributed by atoms with Crippen LogP contribution in [0.25, 0.3) is 5.69 Å². The number of hydrogen-bond donors (Lipinski definition) is 1. The number of carbonyl (C=O) groups excluding carboxylic acids is 1. The number of aryl methyl sites for hydroxylation is 1. The number of aromatic nitrogens is 2. The van der Waals surface area contributed by atoms with Gasteiger partial charge in [0.2, 0.25) is 5.91 Å². The zero-order chi connectivity index (χ0) is 20.4. The molecule has 29 heavy (non-hydrogen) atoms. The second-order valence-electron chi connectivity index (χ2n) is 7.28. The molecule has 148 valence electrons. The van der Waals surface area contributed by atoms with Gasteiger partial charge in [-0.3, -0.25) is 4.79 Å². The van der Waals surface area contributed by atoms with Crippen LogP contribution in [0.15, 0.2) is 72.8 Å². The van der Waals surface area contributed by atoms with Crippen LogP contribution in [0.1, 0.15) is 29.8 Å². The summed E-state index contributed by atoms with van der Waals surface area (Å²) in [5.74, 6) is 0.698. The maximum Gasteiger partial charge on any atom is 0.228 e. The van der Waals surface area contributed by atoms with Crippen LogP contribution < -0.4 is 5.73 Å². The van der Waals surface area contributed by atoms with Crippen molar-refractivity contribution in [2.24, 2.45) is 5.73 Å². The molecule has 4 rings (SSSR count). The van der Waals surface area contributed by atoms with Crippen LogP contribution in [0, 0.1) is 12.7 Å². The van der Waals surface area contributed by atoms with Gasteiger partial charge < -0.3 is 15.0 Å². The first-order valence-corrected chi connectivity index (χ1v) is 9.45. The second kappa shape index (κ2) is 7.54. The van der Waals surface area contributed by atoms with E-state index in [2.05, 4.69) is 4.98 Å². The second-order valence-corrected chi connectivity index (χ2v) is 7.28. The molecular weight excluding hydrogens is 369 g/mol. The molecule has 1 unspecified atom stereocenters. The van der Waals surface area contributed by atoms with Crippen molar-refractivity contribution in [3.05, 3.63) is 95.5 Å². The predicted octanol–water partition coefficient (Wildman–Crippen LogP) is 3.94. The van der Waals surface area contributed by atoms with Crippen molar-refractivity contribution in [3.63, 3.8) is 0 Å². The van der Waals surface area contributed by atoms with Crippen molar-refractivity contribution >= 4 is 5.91 Å². The van der Waals surface area contributed by atoms with E-state index >= 15 is 0 Å². The summed E-state index contributed by atoms with van der Waals surface area (Å²) >= 11 is 0. The first-order chi connectivity index (χ1) is 14.0. The lowest BCUT2D eigenvalue weighted by Crippen LogP contribution is -2.39. The molecule has 0 spiro atoms. The molecule has 3 aromatic rings. The number of benzene rings is 2. The van der Waals surface area contributed by atoms with Gasteiger partial charge in [-0.2, -0.15) is 0 Å². The lowest BCUT2D eigenvalue weighted by molar-refractivity contribution is -0.123. The Morgan fingerprint density at radius 3 is 2.72 bits per heavy atom. The van der Waals surface area contributed by atoms with E-state index in [0.717, 1.165) is 5.56 Å². The van der Waals surface area contributed by atoms with E-state index in [-0.39, 0.29) is 18.3 Å². The Hall–Kier alpha value is -3.41. The molecule has 0 saturated heterocycles. The van der Waals surface area contributed by atoms with Gasteiger partial charge in [-0.05, 0) is 42.7 Å². The molecule has 0 fully saturated rings. The van der Waals surface area contributed by atoms with Gasteiger partial charge in [0.25, 0.3) is 0 Å². The van der Waals surface area contributed by atoms with E-state index in [0.29, 0.717) is 35.7 Å². The molecule has 2 aromatic carbocycles. The Labute approximate surface area is 168 Å². The maximum absolute atomic E-state index is 14.6. The van der Waals surface area contributed by atoms with Crippen LogP contribution in [0.2, 0.25) is 0 Å². The molecule has 1 atom stereocenters. The van der Waals surface area contributed by atoms with E-state index in [1.165, 1.54) is 6.07 Å². The summed E-state index contributed by atoms with van der Waals surface area (Å²) in [5, 5.41) is 0. The molecule has 6 heteroatoms. The van der Waals surface area contributed by atoms with Gasteiger partial charge >= 0.3 is 0 Å². The van der Waals surface area contributed by atoms with E-state index in [4.69, 9.17) is 10.5 Å². The van der Waals surface area contributed by atoms with E-state index in [9.17, 15) is 9.18 Å². The molecule has 0 saturated carbocycles. The highest BCUT2D eigenvalue weighted by atomic mass is 19.1. The minimum absolute atomic E-state index is 0.218. The third-order valence-corrected chi connectivity index (χ3v) is 5.47. The summed E-state index contributed by atoms with van der Waals surface area (Å²) in [6.45, 7) is 2.04. The largest absolute Gasteiger partial charge is 0.494 e. The van der Waals surface area contributed by atoms with Crippen LogP contribution >= 0.6 is 0 Å². The quantitative estimate of drug-likeness (QED) is 0.692. The molecule has 2 N–H and O–H groups in total. The van der Waals surface area contributed by atoms with Gasteiger partial charge in [0.05, 0.1) is 16.9 Å². The van der Waals surface area contributed by atoms with Crippen LogP contribution in [0.4, 0.5) is 4.39 Å². The number of rotatable bonds is 6. The molecule has 0 radical (unpaired) electrons. The highest BCUT2D eigenvalue weighted by Crippen LogP contribution is 2.41. The Balaban J connectivity index is 1.46. The highest BCUT2D eigenvalue weighted by molar-refractivity contribution is 5.88. The molecule has 1 aliphatic rings. The van der Waals surface area contributed by atoms with Crippen LogP contribution in [-0.4, -0.2) is 15.5 Å². The molecule has 0 aliphatic heterocycles. The molecular formula is C23H22FN3O2. The summed E-state index contributed by atoms with van der Waals surface area (Å²) in [6.07, 6.45) is 6.16. The fraction of sp³-hybridized carbons (Fsp3) is 0.217. The number of imidazole rings is 1. The summed E-state index contributed by atoms with van der Waals surface area (Å²) in [4.78, 5) is 16.4. The van der Waals surface area contributed by atoms with Crippen molar-refractivity contribution < 1.29 is 13.9 Å². The average Bonchev–Trinajstić information content (AvgIpc) is 3.34. The number of nitrogens with zero attached hydrogens (tertiary/aromatic N) is 2. The van der Waals surface area contributed by atoms with Gasteiger partial charge in [0, 0.05) is 18.8 Å². The van der Waals surface area contributed by atoms with Gasteiger partial charge in [-0.1, -0.05) is 36.4 Å². The van der Waals surface area contributed by atoms with Crippen molar-refractivity contribution in [2.45, 2.75) is 31.8 Å². The minimum atomic E-state index is -0.787. The van der Waals surface area contributed by atoms with Crippen molar-refractivity contribution in [2.75, 3.05) is 0 Å². The molecule has 5 nitrogen and oxygen atoms in total. The fourth-order valence-electron chi connectivity index (χ4n) is 3.79. The van der Waals surface area contributed by atoms with E-state index in [1.54, 1.807) is 23.0 Å². The normalized spacial score (nSPS) is 18.5. The molecule has 1 aromatic heterocycles. The summed E-state index contributed by atoms with van der Waals surface area (Å²) in [6, 6.07) is 14.5. The maximum atomic E-state index is 14.6. The fourth-order valence-corrected chi connectivity index (χ4v) is 3.79. The number of allylic oxidation sites excluding steroid dienone is 2. The third kappa shape index (κ3) is 3.53. The van der Waals surface area contributed by atoms with Crippen molar-refractivity contribution in [1.82, 2.24) is 9.55 Å². The van der Waals surface area contributed by atoms with Gasteiger partial charge in [0.1, 0.15) is 18.2 Å². The predicted molar refractivity (Wildman–Crippen MR) is 108 cm³/mol. The summed E-state index contributed by atoms with van der Waals surface area (Å²) in [7, 11) is 0. The van der Waals surface area contributed by atoms with Crippen molar-refractivity contribution in [3.8, 4) is 5.69 Å². The van der Waals surface area contributed by atoms with Gasteiger partial charge in [-0.25, -0.2) is 9.37 Å². The number of hydrogen-bond acceptors (Lipinski definition) is 3. The average molecular weight is 391 g/mol. The summed E-state index contributed by atoms with van der Waals surface area (Å²) < 4.78 is 22.2. The lowest BCUT2D eigenvalue weighted by atomic mass is 9.77. The number of amides is 1. The third-order valence-electron chi connectivity index (χ3n) is 5.47. The number of nitrogens with two attached hydrogens (primary N) is 1. The standard InChI is InChI=1S/C23H22FN3O2/c1-16-26-11-12-27(16)21-8-7-17(13-20(21)24)15-29-19-9-10-23(14-19,22(25)28)18-5-3-2-4-6-18/h2-9,11-13H,10,14-15H2,1H3,(H2,25,28). The summed E-state index contributed by atoms with van der Waals surface area (Å²) in [5.41, 5.74) is 6.99. The molecule has 0 bridgehead atoms. The molecule has 1 amide bonds. The van der Waals surface area contributed by atoms with E-state index in [1.807, 2.05) is 49.4 Å². The number of halogens is 1. The lowest BCUT2D eigenvalue weighted by Gasteiger charge is -2.26. The molecule has 1 heterocycles. The Bertz CT molecular complexity index is 1070. The highest BCUT2D eigenvalue weighted by Gasteiger charge is 2.42. The smallest absolute Gasteiger partial charge is 0.228 e. The van der Waals surface area contributed by atoms with E-state index < -0.39 is 5.41 Å². The number of carbonyl (C=O) groups is 1. The first kappa shape index (κ1) is 18.9. The van der Waals surface area contributed by atoms with Crippen LogP contribution in [0.3, 0.4) is 0 Å².